The molecule has 2 aliphatic carbocycles. The van der Waals surface area contributed by atoms with Crippen LogP contribution in [0, 0.1) is 17.3 Å². The van der Waals surface area contributed by atoms with Gasteiger partial charge in [0.1, 0.15) is 0 Å². The van der Waals surface area contributed by atoms with E-state index in [2.05, 4.69) is 33.4 Å². The van der Waals surface area contributed by atoms with Crippen molar-refractivity contribution in [3.63, 3.8) is 0 Å². The maximum atomic E-state index is 12.4. The van der Waals surface area contributed by atoms with E-state index in [0.29, 0.717) is 22.7 Å². The molecule has 5 nitrogen and oxygen atoms in total. The van der Waals surface area contributed by atoms with Gasteiger partial charge in [0.2, 0.25) is 5.91 Å². The van der Waals surface area contributed by atoms with E-state index in [-0.39, 0.29) is 23.0 Å². The van der Waals surface area contributed by atoms with Crippen LogP contribution in [0.5, 0.6) is 11.5 Å². The molecule has 3 rings (SSSR count). The van der Waals surface area contributed by atoms with Gasteiger partial charge in [-0.3, -0.25) is 4.79 Å². The topological polar surface area (TPSA) is 70.9 Å². The van der Waals surface area contributed by atoms with Crippen LogP contribution < -0.4 is 10.2 Å². The number of fused-ring (bicyclic) bond motifs is 1. The summed E-state index contributed by atoms with van der Waals surface area (Å²) in [7, 11) is 0. The molecule has 0 bridgehead atoms. The van der Waals surface area contributed by atoms with Crippen LogP contribution in [0.25, 0.3) is 0 Å². The van der Waals surface area contributed by atoms with Crippen molar-refractivity contribution in [2.75, 3.05) is 6.61 Å². The van der Waals surface area contributed by atoms with Crippen LogP contribution >= 0.6 is 15.9 Å². The number of nitrogens with zero attached hydrogens (tertiary/aromatic N) is 1. The second-order valence-corrected chi connectivity index (χ2v) is 7.71. The summed E-state index contributed by atoms with van der Waals surface area (Å²) in [5, 5.41) is 14.0. The monoisotopic (exact) mass is 394 g/mol. The summed E-state index contributed by atoms with van der Waals surface area (Å²) in [6, 6.07) is 3.42. The Morgan fingerprint density at radius 3 is 3.00 bits per heavy atom. The number of benzene rings is 1. The van der Waals surface area contributed by atoms with E-state index in [4.69, 9.17) is 4.74 Å². The van der Waals surface area contributed by atoms with Crippen LogP contribution in [0.1, 0.15) is 45.1 Å². The van der Waals surface area contributed by atoms with Crippen molar-refractivity contribution >= 4 is 28.1 Å². The Morgan fingerprint density at radius 1 is 1.54 bits per heavy atom. The number of hydrazone groups is 1. The van der Waals surface area contributed by atoms with Gasteiger partial charge in [-0.1, -0.05) is 19.8 Å². The Bertz CT molecular complexity index is 676. The first-order chi connectivity index (χ1) is 11.5. The number of phenols is 1. The quantitative estimate of drug-likeness (QED) is 0.588. The molecule has 130 valence electrons. The molecule has 0 heterocycles. The average molecular weight is 395 g/mol. The maximum Gasteiger partial charge on any atom is 0.244 e. The molecule has 0 radical (unpaired) electrons. The first-order valence-corrected chi connectivity index (χ1v) is 9.25. The number of rotatable bonds is 5. The Kier molecular flexibility index (Phi) is 4.85. The van der Waals surface area contributed by atoms with Crippen molar-refractivity contribution in [1.29, 1.82) is 0 Å². The molecule has 1 aromatic carbocycles. The first kappa shape index (κ1) is 17.3. The van der Waals surface area contributed by atoms with E-state index in [1.165, 1.54) is 12.8 Å². The molecule has 2 fully saturated rings. The number of carbonyl (C=O) groups is 1. The molecule has 3 atom stereocenters. The third kappa shape index (κ3) is 3.16. The summed E-state index contributed by atoms with van der Waals surface area (Å²) in [6.45, 7) is 4.53. The lowest BCUT2D eigenvalue weighted by Gasteiger charge is -2.15. The minimum atomic E-state index is 0.0172. The SMILES string of the molecule is CCOc1cc(/C=N\NC(=O)[C@@H]2[C@@H]3CCCC[C@@]23C)cc(Br)c1O. The van der Waals surface area contributed by atoms with Gasteiger partial charge in [0.05, 0.1) is 17.3 Å². The molecule has 0 spiro atoms. The molecule has 0 aliphatic heterocycles. The second-order valence-electron chi connectivity index (χ2n) is 6.85. The van der Waals surface area contributed by atoms with E-state index in [9.17, 15) is 9.90 Å². The summed E-state index contributed by atoms with van der Waals surface area (Å²) in [4.78, 5) is 12.4. The normalized spacial score (nSPS) is 28.5. The lowest BCUT2D eigenvalue weighted by atomic mass is 9.90. The van der Waals surface area contributed by atoms with E-state index in [0.717, 1.165) is 18.4 Å². The third-order valence-corrected chi connectivity index (χ3v) is 5.96. The molecule has 2 saturated carbocycles. The van der Waals surface area contributed by atoms with E-state index < -0.39 is 0 Å². The Balaban J connectivity index is 1.63. The zero-order chi connectivity index (χ0) is 17.3. The zero-order valence-corrected chi connectivity index (χ0v) is 15.6. The number of halogens is 1. The fourth-order valence-corrected chi connectivity index (χ4v) is 4.48. The molecule has 0 saturated heterocycles. The number of nitrogens with one attached hydrogen (secondary N) is 1. The standard InChI is InChI=1S/C18H23BrN2O3/c1-3-24-14-9-11(8-13(19)16(14)22)10-20-21-17(23)15-12-6-4-5-7-18(12,15)2/h8-10,12,15,22H,3-7H2,1-2H3,(H,21,23)/b20-10-/t12-,15-,18+/m0/s1. The molecule has 6 heteroatoms. The van der Waals surface area contributed by atoms with Gasteiger partial charge in [0.15, 0.2) is 11.5 Å². The molecule has 0 aromatic heterocycles. The number of hydrogen-bond acceptors (Lipinski definition) is 4. The summed E-state index contributed by atoms with van der Waals surface area (Å²) < 4.78 is 5.91. The van der Waals surface area contributed by atoms with E-state index >= 15 is 0 Å². The van der Waals surface area contributed by atoms with Gasteiger partial charge in [0, 0.05) is 5.92 Å². The van der Waals surface area contributed by atoms with Crippen LogP contribution in [0.4, 0.5) is 0 Å². The molecule has 2 aliphatic rings. The average Bonchev–Trinajstić information content (AvgIpc) is 3.18. The lowest BCUT2D eigenvalue weighted by molar-refractivity contribution is -0.123. The van der Waals surface area contributed by atoms with Gasteiger partial charge in [-0.2, -0.15) is 5.10 Å². The smallest absolute Gasteiger partial charge is 0.244 e. The minimum absolute atomic E-state index is 0.0172. The highest BCUT2D eigenvalue weighted by Crippen LogP contribution is 2.66. The van der Waals surface area contributed by atoms with Crippen LogP contribution in [-0.2, 0) is 4.79 Å². The Hall–Kier alpha value is -1.56. The van der Waals surface area contributed by atoms with Gasteiger partial charge in [0.25, 0.3) is 0 Å². The van der Waals surface area contributed by atoms with Gasteiger partial charge < -0.3 is 9.84 Å². The Morgan fingerprint density at radius 2 is 2.33 bits per heavy atom. The highest BCUT2D eigenvalue weighted by Gasteiger charge is 2.64. The van der Waals surface area contributed by atoms with E-state index in [1.54, 1.807) is 18.3 Å². The fraction of sp³-hybridized carbons (Fsp3) is 0.556. The molecule has 1 amide bonds. The lowest BCUT2D eigenvalue weighted by Crippen LogP contribution is -2.22. The van der Waals surface area contributed by atoms with Crippen LogP contribution in [0.3, 0.4) is 0 Å². The molecular weight excluding hydrogens is 372 g/mol. The van der Waals surface area contributed by atoms with Gasteiger partial charge in [-0.25, -0.2) is 5.43 Å². The second kappa shape index (κ2) is 6.75. The summed E-state index contributed by atoms with van der Waals surface area (Å²) in [5.41, 5.74) is 3.59. The van der Waals surface area contributed by atoms with Crippen molar-refractivity contribution in [2.24, 2.45) is 22.4 Å². The van der Waals surface area contributed by atoms with Gasteiger partial charge in [-0.15, -0.1) is 0 Å². The predicted octanol–water partition coefficient (Wildman–Crippen LogP) is 3.83. The van der Waals surface area contributed by atoms with Crippen molar-refractivity contribution < 1.29 is 14.6 Å². The predicted molar refractivity (Wildman–Crippen MR) is 96.3 cm³/mol. The van der Waals surface area contributed by atoms with Gasteiger partial charge in [-0.05, 0) is 64.7 Å². The van der Waals surface area contributed by atoms with Crippen LogP contribution in [0.2, 0.25) is 0 Å². The van der Waals surface area contributed by atoms with Crippen molar-refractivity contribution in [3.05, 3.63) is 22.2 Å². The molecule has 0 unspecified atom stereocenters. The number of phenolic OH excluding ortho intramolecular Hbond substituents is 1. The maximum absolute atomic E-state index is 12.4. The largest absolute Gasteiger partial charge is 0.503 e. The fourth-order valence-electron chi connectivity index (χ4n) is 4.02. The van der Waals surface area contributed by atoms with Crippen molar-refractivity contribution in [3.8, 4) is 11.5 Å². The highest BCUT2D eigenvalue weighted by atomic mass is 79.9. The number of ether oxygens (including phenoxy) is 1. The van der Waals surface area contributed by atoms with Gasteiger partial charge >= 0.3 is 0 Å². The summed E-state index contributed by atoms with van der Waals surface area (Å²) in [5.74, 6) is 1.09. The third-order valence-electron chi connectivity index (χ3n) is 5.35. The summed E-state index contributed by atoms with van der Waals surface area (Å²) >= 11 is 3.29. The molecular formula is C18H23BrN2O3. The molecule has 2 N–H and O–H groups in total. The van der Waals surface area contributed by atoms with Crippen LogP contribution in [-0.4, -0.2) is 23.8 Å². The zero-order valence-electron chi connectivity index (χ0n) is 14.0. The van der Waals surface area contributed by atoms with E-state index in [1.807, 2.05) is 6.92 Å². The number of carbonyl (C=O) groups excluding carboxylic acids is 1. The number of aromatic hydroxyl groups is 1. The van der Waals surface area contributed by atoms with Crippen LogP contribution in [0.15, 0.2) is 21.7 Å². The molecule has 1 aromatic rings. The molecule has 24 heavy (non-hydrogen) atoms. The van der Waals surface area contributed by atoms with Crippen molar-refractivity contribution in [1.82, 2.24) is 5.43 Å². The first-order valence-electron chi connectivity index (χ1n) is 8.45. The summed E-state index contributed by atoms with van der Waals surface area (Å²) in [6.07, 6.45) is 6.32. The van der Waals surface area contributed by atoms with Crippen molar-refractivity contribution in [2.45, 2.75) is 39.5 Å². The number of hydrogen-bond donors (Lipinski definition) is 2. The minimum Gasteiger partial charge on any atom is -0.503 e. The highest BCUT2D eigenvalue weighted by molar-refractivity contribution is 9.10. The number of amides is 1. The Labute approximate surface area is 150 Å².